The van der Waals surface area contributed by atoms with Gasteiger partial charge in [-0.05, 0) is 25.3 Å². The first-order chi connectivity index (χ1) is 15.1. The van der Waals surface area contributed by atoms with Crippen LogP contribution in [0.1, 0.15) is 46.6 Å². The summed E-state index contributed by atoms with van der Waals surface area (Å²) in [4.78, 5) is 21.4. The lowest BCUT2D eigenvalue weighted by Gasteiger charge is -2.24. The van der Waals surface area contributed by atoms with Crippen molar-refractivity contribution in [2.75, 3.05) is 36.4 Å². The molecule has 4 rings (SSSR count). The molecule has 2 aromatic rings. The van der Waals surface area contributed by atoms with Crippen molar-refractivity contribution in [2.24, 2.45) is 17.3 Å². The van der Waals surface area contributed by atoms with E-state index in [1.54, 1.807) is 0 Å². The van der Waals surface area contributed by atoms with Crippen LogP contribution in [-0.4, -0.2) is 59.4 Å². The Morgan fingerprint density at radius 3 is 2.53 bits per heavy atom. The standard InChI is InChI=1S/C24H34N6O2/c1-15(2)26-20-8-16(6-7-17(20)10-25)22-27-23(32-28-22)30-13-18-11-29(12-19(18)14-30)21(31)9-24(3,4)5/h6-8,10,15,18-19,25-26H,9,11-14H2,1-5H3. The first-order valence-corrected chi connectivity index (χ1v) is 11.4. The second kappa shape index (κ2) is 8.56. The molecule has 2 unspecified atom stereocenters. The molecular weight excluding hydrogens is 404 g/mol. The molecule has 8 nitrogen and oxygen atoms in total. The molecule has 0 radical (unpaired) electrons. The summed E-state index contributed by atoms with van der Waals surface area (Å²) in [6.45, 7) is 13.7. The van der Waals surface area contributed by atoms with Crippen LogP contribution in [0.4, 0.5) is 11.7 Å². The van der Waals surface area contributed by atoms with Crippen LogP contribution in [0.2, 0.25) is 0 Å². The molecule has 32 heavy (non-hydrogen) atoms. The first-order valence-electron chi connectivity index (χ1n) is 11.4. The number of aromatic nitrogens is 2. The van der Waals surface area contributed by atoms with Crippen molar-refractivity contribution in [3.63, 3.8) is 0 Å². The lowest BCUT2D eigenvalue weighted by Crippen LogP contribution is -2.35. The van der Waals surface area contributed by atoms with Gasteiger partial charge >= 0.3 is 6.01 Å². The van der Waals surface area contributed by atoms with Crippen LogP contribution in [0.25, 0.3) is 11.4 Å². The van der Waals surface area contributed by atoms with Crippen molar-refractivity contribution < 1.29 is 9.32 Å². The van der Waals surface area contributed by atoms with E-state index in [-0.39, 0.29) is 17.4 Å². The summed E-state index contributed by atoms with van der Waals surface area (Å²) in [5, 5.41) is 15.2. The second-order valence-electron chi connectivity index (χ2n) is 10.6. The molecule has 8 heteroatoms. The van der Waals surface area contributed by atoms with Crippen molar-refractivity contribution in [3.8, 4) is 11.4 Å². The van der Waals surface area contributed by atoms with Gasteiger partial charge in [-0.25, -0.2) is 0 Å². The Bertz CT molecular complexity index is 979. The lowest BCUT2D eigenvalue weighted by atomic mass is 9.91. The lowest BCUT2D eigenvalue weighted by molar-refractivity contribution is -0.132. The number of rotatable bonds is 6. The highest BCUT2D eigenvalue weighted by Gasteiger charge is 2.43. The summed E-state index contributed by atoms with van der Waals surface area (Å²) >= 11 is 0. The van der Waals surface area contributed by atoms with E-state index in [4.69, 9.17) is 9.93 Å². The summed E-state index contributed by atoms with van der Waals surface area (Å²) in [6.07, 6.45) is 1.93. The highest BCUT2D eigenvalue weighted by molar-refractivity contribution is 5.87. The molecule has 2 aliphatic heterocycles. The molecule has 1 amide bonds. The van der Waals surface area contributed by atoms with Crippen molar-refractivity contribution in [2.45, 2.75) is 47.1 Å². The van der Waals surface area contributed by atoms with E-state index in [2.05, 4.69) is 55.0 Å². The quantitative estimate of drug-likeness (QED) is 0.664. The van der Waals surface area contributed by atoms with Gasteiger partial charge in [0.15, 0.2) is 0 Å². The molecule has 0 bridgehead atoms. The van der Waals surface area contributed by atoms with Crippen LogP contribution in [0, 0.1) is 22.7 Å². The summed E-state index contributed by atoms with van der Waals surface area (Å²) < 4.78 is 5.60. The Kier molecular flexibility index (Phi) is 5.97. The number of anilines is 2. The van der Waals surface area contributed by atoms with Gasteiger partial charge in [0, 0.05) is 73.5 Å². The minimum atomic E-state index is 0.0163. The van der Waals surface area contributed by atoms with Gasteiger partial charge in [0.2, 0.25) is 11.7 Å². The van der Waals surface area contributed by atoms with Gasteiger partial charge in [-0.2, -0.15) is 4.98 Å². The number of carbonyl (C=O) groups is 1. The number of hydrogen-bond donors (Lipinski definition) is 2. The maximum atomic E-state index is 12.6. The van der Waals surface area contributed by atoms with Crippen molar-refractivity contribution in [1.29, 1.82) is 5.41 Å². The summed E-state index contributed by atoms with van der Waals surface area (Å²) in [5.41, 5.74) is 2.58. The van der Waals surface area contributed by atoms with E-state index in [9.17, 15) is 4.79 Å². The van der Waals surface area contributed by atoms with Gasteiger partial charge in [0.1, 0.15) is 0 Å². The van der Waals surface area contributed by atoms with Crippen LogP contribution in [0.3, 0.4) is 0 Å². The fraction of sp³-hybridized carbons (Fsp3) is 0.583. The smallest absolute Gasteiger partial charge is 0.324 e. The first kappa shape index (κ1) is 22.3. The molecule has 0 spiro atoms. The van der Waals surface area contributed by atoms with E-state index in [1.165, 1.54) is 6.21 Å². The SMILES string of the molecule is CC(C)Nc1cc(-c2noc(N3CC4CN(C(=O)CC(C)(C)C)CC4C3)n2)ccc1C=N. The van der Waals surface area contributed by atoms with E-state index >= 15 is 0 Å². The predicted octanol–water partition coefficient (Wildman–Crippen LogP) is 3.89. The van der Waals surface area contributed by atoms with Crippen LogP contribution in [-0.2, 0) is 4.79 Å². The van der Waals surface area contributed by atoms with Gasteiger partial charge in [0.05, 0.1) is 0 Å². The third-order valence-electron chi connectivity index (χ3n) is 6.12. The monoisotopic (exact) mass is 438 g/mol. The highest BCUT2D eigenvalue weighted by Crippen LogP contribution is 2.35. The summed E-state index contributed by atoms with van der Waals surface area (Å²) in [6, 6.07) is 6.57. The van der Waals surface area contributed by atoms with Gasteiger partial charge in [-0.15, -0.1) is 0 Å². The van der Waals surface area contributed by atoms with Crippen LogP contribution >= 0.6 is 0 Å². The molecule has 2 N–H and O–H groups in total. The number of likely N-dealkylation sites (tertiary alicyclic amines) is 1. The fourth-order valence-electron chi connectivity index (χ4n) is 4.64. The number of nitrogens with zero attached hydrogens (tertiary/aromatic N) is 4. The van der Waals surface area contributed by atoms with Crippen molar-refractivity contribution in [1.82, 2.24) is 15.0 Å². The molecule has 2 atom stereocenters. The van der Waals surface area contributed by atoms with Gasteiger partial charge in [-0.1, -0.05) is 38.1 Å². The number of hydrogen-bond acceptors (Lipinski definition) is 7. The number of carbonyl (C=O) groups excluding carboxylic acids is 1. The van der Waals surface area contributed by atoms with Crippen molar-refractivity contribution in [3.05, 3.63) is 23.8 Å². The Morgan fingerprint density at radius 1 is 1.25 bits per heavy atom. The van der Waals surface area contributed by atoms with Gasteiger partial charge < -0.3 is 25.0 Å². The van der Waals surface area contributed by atoms with E-state index in [0.29, 0.717) is 30.1 Å². The third kappa shape index (κ3) is 4.79. The third-order valence-corrected chi connectivity index (χ3v) is 6.12. The Labute approximate surface area is 189 Å². The maximum absolute atomic E-state index is 12.6. The molecule has 0 aliphatic carbocycles. The predicted molar refractivity (Wildman–Crippen MR) is 126 cm³/mol. The number of benzene rings is 1. The molecule has 3 heterocycles. The zero-order valence-corrected chi connectivity index (χ0v) is 19.7. The van der Waals surface area contributed by atoms with Crippen molar-refractivity contribution >= 4 is 23.8 Å². The van der Waals surface area contributed by atoms with Gasteiger partial charge in [-0.3, -0.25) is 4.79 Å². The molecule has 2 fully saturated rings. The summed E-state index contributed by atoms with van der Waals surface area (Å²) in [7, 11) is 0. The normalized spacial score (nSPS) is 20.7. The van der Waals surface area contributed by atoms with Crippen LogP contribution in [0.5, 0.6) is 0 Å². The molecule has 2 aliphatic rings. The number of nitrogens with one attached hydrogen (secondary N) is 2. The average molecular weight is 439 g/mol. The molecule has 172 valence electrons. The number of fused-ring (bicyclic) bond motifs is 1. The zero-order valence-electron chi connectivity index (χ0n) is 19.7. The largest absolute Gasteiger partial charge is 0.382 e. The minimum Gasteiger partial charge on any atom is -0.382 e. The Balaban J connectivity index is 1.42. The van der Waals surface area contributed by atoms with E-state index < -0.39 is 0 Å². The Morgan fingerprint density at radius 2 is 1.94 bits per heavy atom. The number of amides is 1. The van der Waals surface area contributed by atoms with Crippen LogP contribution in [0.15, 0.2) is 22.7 Å². The van der Waals surface area contributed by atoms with Crippen LogP contribution < -0.4 is 10.2 Å². The summed E-state index contributed by atoms with van der Waals surface area (Å²) in [5.74, 6) is 1.70. The van der Waals surface area contributed by atoms with E-state index in [0.717, 1.165) is 43.0 Å². The minimum absolute atomic E-state index is 0.0163. The topological polar surface area (TPSA) is 98.3 Å². The molecule has 2 saturated heterocycles. The van der Waals surface area contributed by atoms with E-state index in [1.807, 2.05) is 23.1 Å². The molecule has 1 aromatic carbocycles. The Hall–Kier alpha value is -2.90. The maximum Gasteiger partial charge on any atom is 0.324 e. The second-order valence-corrected chi connectivity index (χ2v) is 10.6. The molecule has 1 aromatic heterocycles. The molecule has 0 saturated carbocycles. The van der Waals surface area contributed by atoms with Gasteiger partial charge in [0.25, 0.3) is 0 Å². The highest BCUT2D eigenvalue weighted by atomic mass is 16.5. The fourth-order valence-corrected chi connectivity index (χ4v) is 4.64. The average Bonchev–Trinajstić information content (AvgIpc) is 3.40. The zero-order chi connectivity index (χ0) is 23.0. The molecular formula is C24H34N6O2.